The number of hydrogen-bond acceptors (Lipinski definition) is 3. The Morgan fingerprint density at radius 3 is 1.15 bits per heavy atom. The van der Waals surface area contributed by atoms with E-state index in [1.165, 1.54) is 27.8 Å². The van der Waals surface area contributed by atoms with Crippen molar-refractivity contribution in [2.45, 2.75) is 39.0 Å². The van der Waals surface area contributed by atoms with Crippen LogP contribution in [0.15, 0.2) is 121 Å². The average Bonchev–Trinajstić information content (AvgIpc) is 3.27. The van der Waals surface area contributed by atoms with Crippen molar-refractivity contribution in [1.29, 1.82) is 0 Å². The molecule has 1 aliphatic rings. The minimum absolute atomic E-state index is 0.249. The minimum atomic E-state index is -0.491. The lowest BCUT2D eigenvalue weighted by atomic mass is 9.68. The van der Waals surface area contributed by atoms with E-state index in [1.54, 1.807) is 36.4 Å². The molecule has 0 aromatic heterocycles. The van der Waals surface area contributed by atoms with Crippen molar-refractivity contribution in [1.82, 2.24) is 0 Å². The Hall–Kier alpha value is -4.50. The Kier molecular flexibility index (Phi) is 8.41. The molecule has 3 N–H and O–H groups in total. The van der Waals surface area contributed by atoms with Crippen LogP contribution in [0.5, 0.6) is 17.2 Å². The summed E-state index contributed by atoms with van der Waals surface area (Å²) in [6.45, 7) is 8.26. The van der Waals surface area contributed by atoms with Gasteiger partial charge in [0.1, 0.15) is 17.2 Å². The molecular formula is C36H36O3. The van der Waals surface area contributed by atoms with Crippen molar-refractivity contribution in [3.63, 3.8) is 0 Å². The topological polar surface area (TPSA) is 60.7 Å². The van der Waals surface area contributed by atoms with Gasteiger partial charge in [-0.25, -0.2) is 0 Å². The van der Waals surface area contributed by atoms with Gasteiger partial charge in [-0.2, -0.15) is 0 Å². The lowest BCUT2D eigenvalue weighted by molar-refractivity contribution is 0.474. The predicted octanol–water partition coefficient (Wildman–Crippen LogP) is 9.00. The summed E-state index contributed by atoms with van der Waals surface area (Å²) in [5.41, 5.74) is 7.80. The average molecular weight is 517 g/mol. The van der Waals surface area contributed by atoms with Crippen LogP contribution in [0.1, 0.15) is 61.4 Å². The number of phenolic OH excluding ortho intramolecular Hbond substituents is 3. The number of phenols is 3. The summed E-state index contributed by atoms with van der Waals surface area (Å²) in [7, 11) is 0. The van der Waals surface area contributed by atoms with Crippen LogP contribution in [0.4, 0.5) is 0 Å². The molecule has 0 saturated heterocycles. The molecule has 0 radical (unpaired) electrons. The summed E-state index contributed by atoms with van der Waals surface area (Å²) >= 11 is 0. The standard InChI is InChI=1S/C25H18O2.C9H12O.C2H6/c26-19-13-9-17(10-14-19)25(18-11-15-20(27)16-12-18)23-7-3-1-5-21(23)22-6-2-4-8-24(22)25;1-7(2)8-3-5-9(10)6-4-8;1-2/h1-16,26-27H;3-7,10H,1-2H3;1-2H3. The van der Waals surface area contributed by atoms with E-state index >= 15 is 0 Å². The number of hydrogen-bond donors (Lipinski definition) is 3. The van der Waals surface area contributed by atoms with E-state index < -0.39 is 5.41 Å². The summed E-state index contributed by atoms with van der Waals surface area (Å²) in [6.07, 6.45) is 0. The van der Waals surface area contributed by atoms with Gasteiger partial charge in [-0.15, -0.1) is 0 Å². The van der Waals surface area contributed by atoms with E-state index in [1.807, 2.05) is 50.2 Å². The van der Waals surface area contributed by atoms with E-state index in [2.05, 4.69) is 62.4 Å². The van der Waals surface area contributed by atoms with Crippen molar-refractivity contribution in [3.8, 4) is 28.4 Å². The van der Waals surface area contributed by atoms with Crippen LogP contribution in [0.25, 0.3) is 11.1 Å². The van der Waals surface area contributed by atoms with Gasteiger partial charge < -0.3 is 15.3 Å². The molecule has 0 saturated carbocycles. The summed E-state index contributed by atoms with van der Waals surface area (Å²) in [5, 5.41) is 28.6. The predicted molar refractivity (Wildman–Crippen MR) is 161 cm³/mol. The third kappa shape index (κ3) is 5.26. The van der Waals surface area contributed by atoms with Gasteiger partial charge in [0.25, 0.3) is 0 Å². The fraction of sp³-hybridized carbons (Fsp3) is 0.167. The van der Waals surface area contributed by atoms with Crippen LogP contribution < -0.4 is 0 Å². The first-order valence-electron chi connectivity index (χ1n) is 13.5. The molecule has 39 heavy (non-hydrogen) atoms. The van der Waals surface area contributed by atoms with E-state index in [0.29, 0.717) is 11.7 Å². The lowest BCUT2D eigenvalue weighted by Gasteiger charge is -2.33. The highest BCUT2D eigenvalue weighted by Gasteiger charge is 2.45. The van der Waals surface area contributed by atoms with Gasteiger partial charge in [-0.1, -0.05) is 113 Å². The number of rotatable bonds is 3. The van der Waals surface area contributed by atoms with Crippen molar-refractivity contribution < 1.29 is 15.3 Å². The highest BCUT2D eigenvalue weighted by atomic mass is 16.3. The Labute approximate surface area is 231 Å². The van der Waals surface area contributed by atoms with Gasteiger partial charge in [0.15, 0.2) is 0 Å². The molecule has 0 atom stereocenters. The zero-order valence-electron chi connectivity index (χ0n) is 23.0. The quantitative estimate of drug-likeness (QED) is 0.220. The normalized spacial score (nSPS) is 12.3. The Balaban J connectivity index is 0.000000248. The van der Waals surface area contributed by atoms with Gasteiger partial charge in [-0.05, 0) is 81.3 Å². The summed E-state index contributed by atoms with van der Waals surface area (Å²) in [4.78, 5) is 0. The molecule has 6 rings (SSSR count). The second kappa shape index (κ2) is 11.9. The maximum absolute atomic E-state index is 9.85. The number of aromatic hydroxyl groups is 3. The third-order valence-electron chi connectivity index (χ3n) is 7.11. The zero-order valence-corrected chi connectivity index (χ0v) is 23.0. The van der Waals surface area contributed by atoms with Crippen LogP contribution >= 0.6 is 0 Å². The smallest absolute Gasteiger partial charge is 0.115 e. The van der Waals surface area contributed by atoms with E-state index in [4.69, 9.17) is 5.11 Å². The summed E-state index contributed by atoms with van der Waals surface area (Å²) in [6, 6.07) is 39.2. The van der Waals surface area contributed by atoms with Gasteiger partial charge in [0.05, 0.1) is 5.41 Å². The van der Waals surface area contributed by atoms with E-state index in [0.717, 1.165) is 11.1 Å². The Morgan fingerprint density at radius 1 is 0.462 bits per heavy atom. The second-order valence-electron chi connectivity index (χ2n) is 9.68. The molecular weight excluding hydrogens is 480 g/mol. The lowest BCUT2D eigenvalue weighted by Crippen LogP contribution is -2.28. The van der Waals surface area contributed by atoms with Gasteiger partial charge in [-0.3, -0.25) is 0 Å². The van der Waals surface area contributed by atoms with E-state index in [-0.39, 0.29) is 11.5 Å². The Bertz CT molecular complexity index is 1410. The van der Waals surface area contributed by atoms with Gasteiger partial charge in [0.2, 0.25) is 0 Å². The monoisotopic (exact) mass is 516 g/mol. The first-order valence-corrected chi connectivity index (χ1v) is 13.5. The first-order chi connectivity index (χ1) is 18.9. The largest absolute Gasteiger partial charge is 0.508 e. The molecule has 198 valence electrons. The molecule has 0 unspecified atom stereocenters. The van der Waals surface area contributed by atoms with Crippen molar-refractivity contribution in [2.24, 2.45) is 0 Å². The van der Waals surface area contributed by atoms with Gasteiger partial charge >= 0.3 is 0 Å². The molecule has 0 aliphatic heterocycles. The van der Waals surface area contributed by atoms with Crippen LogP contribution in [0.2, 0.25) is 0 Å². The molecule has 3 nitrogen and oxygen atoms in total. The SMILES string of the molecule is CC.CC(C)c1ccc(O)cc1.Oc1ccc(C2(c3ccc(O)cc3)c3ccccc3-c3ccccc32)cc1. The fourth-order valence-corrected chi connectivity index (χ4v) is 5.31. The molecule has 1 aliphatic carbocycles. The molecule has 0 bridgehead atoms. The molecule has 5 aromatic carbocycles. The fourth-order valence-electron chi connectivity index (χ4n) is 5.31. The van der Waals surface area contributed by atoms with Crippen molar-refractivity contribution in [2.75, 3.05) is 0 Å². The first kappa shape index (κ1) is 27.5. The van der Waals surface area contributed by atoms with Crippen LogP contribution in [0.3, 0.4) is 0 Å². The third-order valence-corrected chi connectivity index (χ3v) is 7.11. The maximum atomic E-state index is 9.85. The van der Waals surface area contributed by atoms with E-state index in [9.17, 15) is 10.2 Å². The molecule has 0 amide bonds. The van der Waals surface area contributed by atoms with Crippen molar-refractivity contribution >= 4 is 0 Å². The second-order valence-corrected chi connectivity index (χ2v) is 9.68. The van der Waals surface area contributed by atoms with Crippen LogP contribution in [-0.4, -0.2) is 15.3 Å². The van der Waals surface area contributed by atoms with Crippen LogP contribution in [-0.2, 0) is 5.41 Å². The Morgan fingerprint density at radius 2 is 0.795 bits per heavy atom. The van der Waals surface area contributed by atoms with Crippen molar-refractivity contribution in [3.05, 3.63) is 149 Å². The number of benzene rings is 5. The highest BCUT2D eigenvalue weighted by Crippen LogP contribution is 2.56. The highest BCUT2D eigenvalue weighted by molar-refractivity contribution is 5.86. The van der Waals surface area contributed by atoms with Crippen LogP contribution in [0, 0.1) is 0 Å². The summed E-state index contributed by atoms with van der Waals surface area (Å²) < 4.78 is 0. The molecule has 3 heteroatoms. The minimum Gasteiger partial charge on any atom is -0.508 e. The molecule has 5 aromatic rings. The zero-order chi connectivity index (χ0) is 28.0. The molecule has 0 fully saturated rings. The molecule has 0 heterocycles. The van der Waals surface area contributed by atoms with Gasteiger partial charge in [0, 0.05) is 0 Å². The maximum Gasteiger partial charge on any atom is 0.115 e. The number of fused-ring (bicyclic) bond motifs is 3. The molecule has 0 spiro atoms. The summed E-state index contributed by atoms with van der Waals surface area (Å²) in [5.74, 6) is 1.38.